The number of hydrogen-bond donors (Lipinski definition) is 1. The zero-order chi connectivity index (χ0) is 19.6. The molecule has 0 aliphatic carbocycles. The molecule has 0 spiro atoms. The molecule has 146 valence electrons. The number of anilines is 1. The lowest BCUT2D eigenvalue weighted by atomic mass is 10.0. The van der Waals surface area contributed by atoms with E-state index in [4.69, 9.17) is 0 Å². The van der Waals surface area contributed by atoms with E-state index in [1.807, 2.05) is 55.0 Å². The summed E-state index contributed by atoms with van der Waals surface area (Å²) in [5.41, 5.74) is 2.75. The predicted molar refractivity (Wildman–Crippen MR) is 115 cm³/mol. The second-order valence-electron chi connectivity index (χ2n) is 7.58. The van der Waals surface area contributed by atoms with Crippen molar-refractivity contribution in [1.82, 2.24) is 19.4 Å². The van der Waals surface area contributed by atoms with E-state index >= 15 is 0 Å². The first kappa shape index (κ1) is 17.8. The van der Waals surface area contributed by atoms with Gasteiger partial charge in [-0.05, 0) is 36.4 Å². The summed E-state index contributed by atoms with van der Waals surface area (Å²) in [4.78, 5) is 23.8. The van der Waals surface area contributed by atoms with E-state index in [-0.39, 0.29) is 5.91 Å². The van der Waals surface area contributed by atoms with Gasteiger partial charge in [0, 0.05) is 36.4 Å². The van der Waals surface area contributed by atoms with Gasteiger partial charge in [0.2, 0.25) is 5.91 Å². The number of likely N-dealkylation sites (tertiary alicyclic amines) is 1. The molecule has 3 heterocycles. The van der Waals surface area contributed by atoms with Gasteiger partial charge >= 0.3 is 0 Å². The third-order valence-electron chi connectivity index (χ3n) is 5.71. The molecular weight excluding hydrogens is 362 g/mol. The largest absolute Gasteiger partial charge is 0.324 e. The van der Waals surface area contributed by atoms with Crippen molar-refractivity contribution in [2.24, 2.45) is 0 Å². The lowest BCUT2D eigenvalue weighted by molar-refractivity contribution is -0.117. The molecule has 1 aliphatic rings. The first-order valence-corrected chi connectivity index (χ1v) is 10.1. The third kappa shape index (κ3) is 3.59. The van der Waals surface area contributed by atoms with Crippen molar-refractivity contribution in [3.05, 3.63) is 67.1 Å². The fourth-order valence-corrected chi connectivity index (χ4v) is 4.22. The molecular formula is C23H23N5O. The number of nitrogens with one attached hydrogen (secondary N) is 1. The fraction of sp³-hybridized carbons (Fsp3) is 0.261. The van der Waals surface area contributed by atoms with E-state index in [9.17, 15) is 4.79 Å². The molecule has 0 bridgehead atoms. The maximum Gasteiger partial charge on any atom is 0.238 e. The molecule has 1 fully saturated rings. The number of carbonyl (C=O) groups is 1. The van der Waals surface area contributed by atoms with Crippen molar-refractivity contribution in [3.63, 3.8) is 0 Å². The van der Waals surface area contributed by atoms with Crippen LogP contribution in [-0.4, -0.2) is 45.0 Å². The van der Waals surface area contributed by atoms with Gasteiger partial charge in [-0.1, -0.05) is 36.4 Å². The molecule has 0 saturated carbocycles. The summed E-state index contributed by atoms with van der Waals surface area (Å²) in [5.74, 6) is 0.0366. The Balaban J connectivity index is 1.21. The topological polar surface area (TPSA) is 63.1 Å². The second kappa shape index (κ2) is 7.64. The molecule has 0 radical (unpaired) electrons. The van der Waals surface area contributed by atoms with E-state index in [0.29, 0.717) is 12.6 Å². The van der Waals surface area contributed by atoms with Crippen molar-refractivity contribution in [1.29, 1.82) is 0 Å². The molecule has 1 amide bonds. The summed E-state index contributed by atoms with van der Waals surface area (Å²) in [5, 5.41) is 5.29. The number of fused-ring (bicyclic) bond motifs is 2. The number of piperidine rings is 1. The minimum Gasteiger partial charge on any atom is -0.324 e. The summed E-state index contributed by atoms with van der Waals surface area (Å²) >= 11 is 0. The van der Waals surface area contributed by atoms with Crippen LogP contribution in [0.15, 0.2) is 67.1 Å². The fourth-order valence-electron chi connectivity index (χ4n) is 4.22. The number of rotatable bonds is 4. The van der Waals surface area contributed by atoms with Gasteiger partial charge in [0.1, 0.15) is 5.52 Å². The Morgan fingerprint density at radius 1 is 1.00 bits per heavy atom. The van der Waals surface area contributed by atoms with Crippen molar-refractivity contribution < 1.29 is 4.79 Å². The quantitative estimate of drug-likeness (QED) is 0.579. The van der Waals surface area contributed by atoms with Crippen LogP contribution in [0.5, 0.6) is 0 Å². The van der Waals surface area contributed by atoms with Crippen molar-refractivity contribution in [2.75, 3.05) is 25.0 Å². The number of amides is 1. The molecule has 0 atom stereocenters. The Hall–Kier alpha value is -3.25. The van der Waals surface area contributed by atoms with Gasteiger partial charge < -0.3 is 9.88 Å². The van der Waals surface area contributed by atoms with Crippen molar-refractivity contribution >= 4 is 33.5 Å². The number of aromatic nitrogens is 3. The van der Waals surface area contributed by atoms with Gasteiger partial charge in [0.15, 0.2) is 5.65 Å². The average Bonchev–Trinajstić information content (AvgIpc) is 3.19. The van der Waals surface area contributed by atoms with Crippen LogP contribution in [0, 0.1) is 0 Å². The number of nitrogens with zero attached hydrogens (tertiary/aromatic N) is 4. The van der Waals surface area contributed by atoms with Crippen LogP contribution in [0.4, 0.5) is 5.69 Å². The summed E-state index contributed by atoms with van der Waals surface area (Å²) in [6, 6.07) is 18.4. The van der Waals surface area contributed by atoms with Crippen LogP contribution in [0.25, 0.3) is 21.9 Å². The number of benzene rings is 2. The van der Waals surface area contributed by atoms with Crippen molar-refractivity contribution in [2.45, 2.75) is 18.9 Å². The van der Waals surface area contributed by atoms with E-state index < -0.39 is 0 Å². The smallest absolute Gasteiger partial charge is 0.238 e. The maximum atomic E-state index is 12.6. The molecule has 0 unspecified atom stereocenters. The summed E-state index contributed by atoms with van der Waals surface area (Å²) in [6.45, 7) is 2.19. The first-order valence-electron chi connectivity index (χ1n) is 10.1. The average molecular weight is 385 g/mol. The van der Waals surface area contributed by atoms with Crippen LogP contribution in [0.3, 0.4) is 0 Å². The molecule has 4 aromatic rings. The highest BCUT2D eigenvalue weighted by atomic mass is 16.2. The SMILES string of the molecule is O=C(CN1CCC(n2cnc3cccnc32)CC1)Nc1cccc2ccccc12. The molecule has 6 nitrogen and oxygen atoms in total. The third-order valence-corrected chi connectivity index (χ3v) is 5.71. The molecule has 5 rings (SSSR count). The minimum absolute atomic E-state index is 0.0366. The molecule has 1 saturated heterocycles. The lowest BCUT2D eigenvalue weighted by Gasteiger charge is -2.32. The van der Waals surface area contributed by atoms with Crippen LogP contribution in [0.2, 0.25) is 0 Å². The molecule has 1 N–H and O–H groups in total. The van der Waals surface area contributed by atoms with Crippen LogP contribution in [-0.2, 0) is 4.79 Å². The van der Waals surface area contributed by atoms with Gasteiger partial charge in [-0.25, -0.2) is 9.97 Å². The number of imidazole rings is 1. The number of hydrogen-bond acceptors (Lipinski definition) is 4. The maximum absolute atomic E-state index is 12.6. The Kier molecular flexibility index (Phi) is 4.69. The summed E-state index contributed by atoms with van der Waals surface area (Å²) in [6.07, 6.45) is 5.69. The lowest BCUT2D eigenvalue weighted by Crippen LogP contribution is -2.39. The molecule has 29 heavy (non-hydrogen) atoms. The van der Waals surface area contributed by atoms with Crippen molar-refractivity contribution in [3.8, 4) is 0 Å². The van der Waals surface area contributed by atoms with E-state index in [0.717, 1.165) is 53.6 Å². The highest BCUT2D eigenvalue weighted by molar-refractivity contribution is 6.02. The van der Waals surface area contributed by atoms with Crippen LogP contribution >= 0.6 is 0 Å². The number of carbonyl (C=O) groups excluding carboxylic acids is 1. The first-order chi connectivity index (χ1) is 14.3. The molecule has 2 aromatic carbocycles. The Labute approximate surface area is 169 Å². The normalized spacial score (nSPS) is 15.7. The van der Waals surface area contributed by atoms with E-state index in [1.165, 1.54) is 0 Å². The Morgan fingerprint density at radius 2 is 1.83 bits per heavy atom. The highest BCUT2D eigenvalue weighted by Crippen LogP contribution is 2.26. The highest BCUT2D eigenvalue weighted by Gasteiger charge is 2.23. The van der Waals surface area contributed by atoms with E-state index in [2.05, 4.69) is 36.9 Å². The number of pyridine rings is 1. The summed E-state index contributed by atoms with van der Waals surface area (Å²) < 4.78 is 2.18. The molecule has 6 heteroatoms. The minimum atomic E-state index is 0.0366. The summed E-state index contributed by atoms with van der Waals surface area (Å²) in [7, 11) is 0. The Bertz CT molecular complexity index is 1150. The Morgan fingerprint density at radius 3 is 2.72 bits per heavy atom. The standard InChI is InChI=1S/C23H23N5O/c29-22(26-20-8-3-6-17-5-1-2-7-19(17)20)15-27-13-10-18(11-14-27)28-16-25-21-9-4-12-24-23(21)28/h1-9,12,16,18H,10-11,13-15H2,(H,26,29). The second-order valence-corrected chi connectivity index (χ2v) is 7.58. The monoisotopic (exact) mass is 385 g/mol. The zero-order valence-electron chi connectivity index (χ0n) is 16.2. The molecule has 1 aliphatic heterocycles. The van der Waals surface area contributed by atoms with E-state index in [1.54, 1.807) is 0 Å². The van der Waals surface area contributed by atoms with Gasteiger partial charge in [0.05, 0.1) is 12.9 Å². The zero-order valence-corrected chi connectivity index (χ0v) is 16.2. The van der Waals surface area contributed by atoms with Crippen LogP contribution in [0.1, 0.15) is 18.9 Å². The predicted octanol–water partition coefficient (Wildman–Crippen LogP) is 3.86. The van der Waals surface area contributed by atoms with Gasteiger partial charge in [-0.2, -0.15) is 0 Å². The van der Waals surface area contributed by atoms with Gasteiger partial charge in [-0.3, -0.25) is 9.69 Å². The molecule has 2 aromatic heterocycles. The van der Waals surface area contributed by atoms with Gasteiger partial charge in [-0.15, -0.1) is 0 Å². The van der Waals surface area contributed by atoms with Crippen LogP contribution < -0.4 is 5.32 Å². The van der Waals surface area contributed by atoms with Gasteiger partial charge in [0.25, 0.3) is 0 Å².